The highest BCUT2D eigenvalue weighted by Crippen LogP contribution is 2.31. The average molecular weight is 394 g/mol. The molecule has 0 saturated carbocycles. The fraction of sp³-hybridized carbons (Fsp3) is 0.167. The summed E-state index contributed by atoms with van der Waals surface area (Å²) < 4.78 is 45.5. The minimum Gasteiger partial charge on any atom is -0.508 e. The van der Waals surface area contributed by atoms with Crippen molar-refractivity contribution in [2.24, 2.45) is 5.73 Å². The molecule has 2 aromatic heterocycles. The summed E-state index contributed by atoms with van der Waals surface area (Å²) in [6.07, 6.45) is -4.89. The molecule has 7 nitrogen and oxygen atoms in total. The first kappa shape index (κ1) is 19.2. The maximum absolute atomic E-state index is 13.4. The first-order chi connectivity index (χ1) is 13.0. The Labute approximate surface area is 154 Å². The van der Waals surface area contributed by atoms with E-state index in [0.29, 0.717) is 16.7 Å². The highest BCUT2D eigenvalue weighted by Gasteiger charge is 2.35. The van der Waals surface area contributed by atoms with E-state index in [2.05, 4.69) is 0 Å². The minimum absolute atomic E-state index is 0.0184. The molecule has 0 bridgehead atoms. The number of carbonyl (C=O) groups is 1. The van der Waals surface area contributed by atoms with Crippen molar-refractivity contribution < 1.29 is 27.5 Å². The van der Waals surface area contributed by atoms with Crippen LogP contribution in [0.5, 0.6) is 5.75 Å². The zero-order valence-electron chi connectivity index (χ0n) is 14.3. The van der Waals surface area contributed by atoms with Crippen LogP contribution in [0.25, 0.3) is 11.0 Å². The van der Waals surface area contributed by atoms with Crippen LogP contribution in [0.15, 0.2) is 44.3 Å². The van der Waals surface area contributed by atoms with Gasteiger partial charge in [0.2, 0.25) is 0 Å². The standard InChI is InChI=1S/C18H13F3N2O5/c1-8-12(24)4-2-10-9(6-14(25)28-15(8)10)7-23-13(18(19,20)21)5-3-11(16(22)26)17(23)27/h2-6,24H,7H2,1H3,(H2,22,26). The highest BCUT2D eigenvalue weighted by molar-refractivity contribution is 5.92. The Morgan fingerprint density at radius 3 is 2.50 bits per heavy atom. The van der Waals surface area contributed by atoms with Crippen LogP contribution in [0, 0.1) is 6.92 Å². The number of carbonyl (C=O) groups excluding carboxylic acids is 1. The molecule has 0 radical (unpaired) electrons. The summed E-state index contributed by atoms with van der Waals surface area (Å²) in [5.74, 6) is -1.35. The number of hydrogen-bond acceptors (Lipinski definition) is 5. The van der Waals surface area contributed by atoms with Gasteiger partial charge in [-0.1, -0.05) is 0 Å². The Balaban J connectivity index is 2.32. The van der Waals surface area contributed by atoms with E-state index >= 15 is 0 Å². The van der Waals surface area contributed by atoms with Gasteiger partial charge in [-0.05, 0) is 36.8 Å². The first-order valence-electron chi connectivity index (χ1n) is 7.87. The molecule has 0 aliphatic carbocycles. The monoisotopic (exact) mass is 394 g/mol. The van der Waals surface area contributed by atoms with E-state index in [-0.39, 0.29) is 27.8 Å². The molecule has 28 heavy (non-hydrogen) atoms. The van der Waals surface area contributed by atoms with Crippen LogP contribution in [0.3, 0.4) is 0 Å². The van der Waals surface area contributed by atoms with Crippen molar-refractivity contribution in [1.82, 2.24) is 4.57 Å². The Hall–Kier alpha value is -3.56. The van der Waals surface area contributed by atoms with Gasteiger partial charge in [0.25, 0.3) is 11.5 Å². The van der Waals surface area contributed by atoms with Crippen LogP contribution in [0.1, 0.15) is 27.2 Å². The molecule has 0 saturated heterocycles. The van der Waals surface area contributed by atoms with Gasteiger partial charge >= 0.3 is 11.8 Å². The van der Waals surface area contributed by atoms with E-state index in [1.807, 2.05) is 0 Å². The van der Waals surface area contributed by atoms with E-state index in [9.17, 15) is 32.7 Å². The number of phenols is 1. The maximum Gasteiger partial charge on any atom is 0.431 e. The normalized spacial score (nSPS) is 11.7. The molecule has 0 aliphatic heterocycles. The molecule has 1 aromatic carbocycles. The van der Waals surface area contributed by atoms with E-state index in [4.69, 9.17) is 10.2 Å². The molecule has 3 rings (SSSR count). The quantitative estimate of drug-likeness (QED) is 0.661. The summed E-state index contributed by atoms with van der Waals surface area (Å²) >= 11 is 0. The third kappa shape index (κ3) is 3.24. The molecule has 3 aromatic rings. The summed E-state index contributed by atoms with van der Waals surface area (Å²) in [7, 11) is 0. The second-order valence-corrected chi connectivity index (χ2v) is 6.06. The molecule has 0 atom stereocenters. The number of hydrogen-bond donors (Lipinski definition) is 2. The SMILES string of the molecule is Cc1c(O)ccc2c(Cn3c(C(F)(F)F)ccc(C(N)=O)c3=O)cc(=O)oc12. The molecular formula is C18H13F3N2O5. The molecule has 3 N–H and O–H groups in total. The van der Waals surface area contributed by atoms with Crippen LogP contribution in [0.4, 0.5) is 13.2 Å². The second-order valence-electron chi connectivity index (χ2n) is 6.06. The van der Waals surface area contributed by atoms with Crippen LogP contribution >= 0.6 is 0 Å². The van der Waals surface area contributed by atoms with E-state index in [0.717, 1.165) is 6.07 Å². The number of primary amides is 1. The number of aryl methyl sites for hydroxylation is 1. The van der Waals surface area contributed by atoms with Gasteiger partial charge in [-0.25, -0.2) is 4.79 Å². The van der Waals surface area contributed by atoms with Crippen molar-refractivity contribution in [3.8, 4) is 5.75 Å². The summed E-state index contributed by atoms with van der Waals surface area (Å²) in [5, 5.41) is 10.00. The summed E-state index contributed by atoms with van der Waals surface area (Å²) in [5.41, 5.74) is 1.27. The third-order valence-corrected chi connectivity index (χ3v) is 4.28. The number of nitrogens with zero attached hydrogens (tertiary/aromatic N) is 1. The fourth-order valence-electron chi connectivity index (χ4n) is 2.89. The highest BCUT2D eigenvalue weighted by atomic mass is 19.4. The van der Waals surface area contributed by atoms with Crippen LogP contribution in [-0.2, 0) is 12.7 Å². The number of fused-ring (bicyclic) bond motifs is 1. The van der Waals surface area contributed by atoms with E-state index in [1.54, 1.807) is 0 Å². The van der Waals surface area contributed by atoms with Crippen molar-refractivity contribution >= 4 is 16.9 Å². The number of aromatic hydroxyl groups is 1. The first-order valence-corrected chi connectivity index (χ1v) is 7.87. The van der Waals surface area contributed by atoms with Gasteiger partial charge < -0.3 is 15.3 Å². The van der Waals surface area contributed by atoms with Gasteiger partial charge in [-0.15, -0.1) is 0 Å². The summed E-state index contributed by atoms with van der Waals surface area (Å²) in [6.45, 7) is 0.798. The second kappa shape index (κ2) is 6.55. The molecular weight excluding hydrogens is 381 g/mol. The van der Waals surface area contributed by atoms with Gasteiger partial charge in [0.05, 0.1) is 6.54 Å². The fourth-order valence-corrected chi connectivity index (χ4v) is 2.89. The Morgan fingerprint density at radius 2 is 1.89 bits per heavy atom. The van der Waals surface area contributed by atoms with Crippen molar-refractivity contribution in [1.29, 1.82) is 0 Å². The zero-order valence-corrected chi connectivity index (χ0v) is 14.3. The zero-order chi connectivity index (χ0) is 20.8. The van der Waals surface area contributed by atoms with Gasteiger partial charge in [0.15, 0.2) is 0 Å². The van der Waals surface area contributed by atoms with Crippen LogP contribution in [-0.4, -0.2) is 15.6 Å². The molecule has 0 spiro atoms. The number of aromatic nitrogens is 1. The Morgan fingerprint density at radius 1 is 1.21 bits per heavy atom. The van der Waals surface area contributed by atoms with E-state index in [1.165, 1.54) is 19.1 Å². The van der Waals surface area contributed by atoms with Crippen LogP contribution in [0.2, 0.25) is 0 Å². The van der Waals surface area contributed by atoms with Crippen molar-refractivity contribution in [3.63, 3.8) is 0 Å². The van der Waals surface area contributed by atoms with Gasteiger partial charge in [0, 0.05) is 17.0 Å². The molecule has 0 unspecified atom stereocenters. The average Bonchev–Trinajstić information content (AvgIpc) is 2.58. The topological polar surface area (TPSA) is 116 Å². The molecule has 2 heterocycles. The number of amides is 1. The van der Waals surface area contributed by atoms with Gasteiger partial charge in [-0.3, -0.25) is 14.2 Å². The number of rotatable bonds is 3. The van der Waals surface area contributed by atoms with E-state index < -0.39 is 41.1 Å². The summed E-state index contributed by atoms with van der Waals surface area (Å²) in [6, 6.07) is 4.87. The molecule has 10 heteroatoms. The van der Waals surface area contributed by atoms with Crippen molar-refractivity contribution in [2.75, 3.05) is 0 Å². The Bertz CT molecular complexity index is 1220. The lowest BCUT2D eigenvalue weighted by molar-refractivity contribution is -0.144. The Kier molecular flexibility index (Phi) is 4.50. The number of benzene rings is 1. The van der Waals surface area contributed by atoms with Gasteiger partial charge in [0.1, 0.15) is 22.6 Å². The van der Waals surface area contributed by atoms with Crippen molar-refractivity contribution in [2.45, 2.75) is 19.6 Å². The van der Waals surface area contributed by atoms with Crippen LogP contribution < -0.4 is 16.9 Å². The smallest absolute Gasteiger partial charge is 0.431 e. The number of nitrogens with two attached hydrogens (primary N) is 1. The minimum atomic E-state index is -4.89. The predicted octanol–water partition coefficient (Wildman–Crippen LogP) is 2.13. The number of alkyl halides is 3. The molecule has 1 amide bonds. The number of halogens is 3. The molecule has 0 fully saturated rings. The lowest BCUT2D eigenvalue weighted by atomic mass is 10.1. The molecule has 0 aliphatic rings. The number of phenolic OH excluding ortho intramolecular Hbond substituents is 1. The van der Waals surface area contributed by atoms with Crippen molar-refractivity contribution in [3.05, 3.63) is 73.5 Å². The number of pyridine rings is 1. The maximum atomic E-state index is 13.4. The molecule has 146 valence electrons. The van der Waals surface area contributed by atoms with Gasteiger partial charge in [-0.2, -0.15) is 13.2 Å². The summed E-state index contributed by atoms with van der Waals surface area (Å²) in [4.78, 5) is 35.7. The largest absolute Gasteiger partial charge is 0.508 e. The predicted molar refractivity (Wildman–Crippen MR) is 92.2 cm³/mol. The lowest BCUT2D eigenvalue weighted by Gasteiger charge is -2.17. The lowest BCUT2D eigenvalue weighted by Crippen LogP contribution is -2.34. The third-order valence-electron chi connectivity index (χ3n) is 4.28.